The summed E-state index contributed by atoms with van der Waals surface area (Å²) >= 11 is 0. The van der Waals surface area contributed by atoms with Gasteiger partial charge in [0.1, 0.15) is 5.75 Å². The summed E-state index contributed by atoms with van der Waals surface area (Å²) in [5, 5.41) is 5.41. The molecule has 108 valence electrons. The SMILES string of the molecule is COc1ccc(NC(=O)CCN2CCNC2=O)c(N)c1. The lowest BCUT2D eigenvalue weighted by atomic mass is 10.2. The first-order valence-corrected chi connectivity index (χ1v) is 6.36. The van der Waals surface area contributed by atoms with E-state index < -0.39 is 0 Å². The van der Waals surface area contributed by atoms with Gasteiger partial charge in [0.05, 0.1) is 18.5 Å². The molecule has 0 aliphatic carbocycles. The summed E-state index contributed by atoms with van der Waals surface area (Å²) < 4.78 is 5.04. The van der Waals surface area contributed by atoms with Gasteiger partial charge in [-0.1, -0.05) is 0 Å². The van der Waals surface area contributed by atoms with E-state index in [1.807, 2.05) is 0 Å². The molecule has 4 N–H and O–H groups in total. The van der Waals surface area contributed by atoms with Crippen molar-refractivity contribution >= 4 is 23.3 Å². The Kier molecular flexibility index (Phi) is 4.29. The van der Waals surface area contributed by atoms with Crippen molar-refractivity contribution in [2.45, 2.75) is 6.42 Å². The van der Waals surface area contributed by atoms with Gasteiger partial charge in [0.15, 0.2) is 0 Å². The van der Waals surface area contributed by atoms with Crippen molar-refractivity contribution in [3.05, 3.63) is 18.2 Å². The summed E-state index contributed by atoms with van der Waals surface area (Å²) in [5.74, 6) is 0.454. The molecule has 1 aliphatic rings. The third-order valence-electron chi connectivity index (χ3n) is 3.09. The van der Waals surface area contributed by atoms with Crippen LogP contribution in [0.1, 0.15) is 6.42 Å². The Labute approximate surface area is 117 Å². The zero-order valence-electron chi connectivity index (χ0n) is 11.3. The molecule has 7 nitrogen and oxygen atoms in total. The molecule has 1 heterocycles. The molecule has 1 aliphatic heterocycles. The van der Waals surface area contributed by atoms with Crippen LogP contribution < -0.4 is 21.1 Å². The van der Waals surface area contributed by atoms with Crippen LogP contribution in [0.15, 0.2) is 18.2 Å². The summed E-state index contributed by atoms with van der Waals surface area (Å²) in [5.41, 5.74) is 6.80. The number of methoxy groups -OCH3 is 1. The highest BCUT2D eigenvalue weighted by molar-refractivity contribution is 5.94. The van der Waals surface area contributed by atoms with Gasteiger partial charge in [0.2, 0.25) is 5.91 Å². The highest BCUT2D eigenvalue weighted by Gasteiger charge is 2.19. The van der Waals surface area contributed by atoms with Crippen LogP contribution in [0.5, 0.6) is 5.75 Å². The average Bonchev–Trinajstić information content (AvgIpc) is 2.84. The summed E-state index contributed by atoms with van der Waals surface area (Å²) in [7, 11) is 1.55. The molecule has 0 radical (unpaired) electrons. The molecule has 7 heteroatoms. The minimum atomic E-state index is -0.179. The number of nitrogens with one attached hydrogen (secondary N) is 2. The Balaban J connectivity index is 1.86. The molecule has 20 heavy (non-hydrogen) atoms. The maximum absolute atomic E-state index is 11.8. The number of carbonyl (C=O) groups is 2. The van der Waals surface area contributed by atoms with Crippen LogP contribution >= 0.6 is 0 Å². The van der Waals surface area contributed by atoms with Crippen LogP contribution in [0.25, 0.3) is 0 Å². The topological polar surface area (TPSA) is 96.7 Å². The molecule has 0 unspecified atom stereocenters. The lowest BCUT2D eigenvalue weighted by Gasteiger charge is -2.14. The number of urea groups is 1. The molecule has 3 amide bonds. The molecule has 0 atom stereocenters. The van der Waals surface area contributed by atoms with E-state index in [1.54, 1.807) is 30.2 Å². The van der Waals surface area contributed by atoms with Gasteiger partial charge in [-0.3, -0.25) is 4.79 Å². The fourth-order valence-electron chi connectivity index (χ4n) is 1.96. The predicted molar refractivity (Wildman–Crippen MR) is 75.6 cm³/mol. The Morgan fingerprint density at radius 1 is 1.55 bits per heavy atom. The second kappa shape index (κ2) is 6.14. The summed E-state index contributed by atoms with van der Waals surface area (Å²) in [6.45, 7) is 1.66. The van der Waals surface area contributed by atoms with Gasteiger partial charge < -0.3 is 26.0 Å². The molecule has 1 aromatic rings. The Hall–Kier alpha value is -2.44. The molecular weight excluding hydrogens is 260 g/mol. The summed E-state index contributed by atoms with van der Waals surface area (Å²) in [6, 6.07) is 4.93. The van der Waals surface area contributed by atoms with Crippen LogP contribution in [-0.4, -0.2) is 43.6 Å². The molecule has 0 spiro atoms. The van der Waals surface area contributed by atoms with E-state index in [1.165, 1.54) is 0 Å². The van der Waals surface area contributed by atoms with Gasteiger partial charge in [-0.2, -0.15) is 0 Å². The van der Waals surface area contributed by atoms with Crippen LogP contribution in [0, 0.1) is 0 Å². The van der Waals surface area contributed by atoms with Crippen molar-refractivity contribution < 1.29 is 14.3 Å². The lowest BCUT2D eigenvalue weighted by molar-refractivity contribution is -0.116. The van der Waals surface area contributed by atoms with E-state index in [0.717, 1.165) is 0 Å². The van der Waals surface area contributed by atoms with Crippen LogP contribution in [-0.2, 0) is 4.79 Å². The second-order valence-corrected chi connectivity index (χ2v) is 4.47. The number of hydrogen-bond donors (Lipinski definition) is 3. The number of nitrogens with two attached hydrogens (primary N) is 1. The smallest absolute Gasteiger partial charge is 0.317 e. The quantitative estimate of drug-likeness (QED) is 0.688. The minimum Gasteiger partial charge on any atom is -0.497 e. The van der Waals surface area contributed by atoms with Gasteiger partial charge in [-0.25, -0.2) is 4.79 Å². The molecule has 1 aromatic carbocycles. The normalized spacial score (nSPS) is 14.1. The largest absolute Gasteiger partial charge is 0.497 e. The number of anilines is 2. The van der Waals surface area contributed by atoms with Gasteiger partial charge in [0, 0.05) is 32.1 Å². The van der Waals surface area contributed by atoms with E-state index in [9.17, 15) is 9.59 Å². The number of amides is 3. The number of carbonyl (C=O) groups excluding carboxylic acids is 2. The van der Waals surface area contributed by atoms with Crippen molar-refractivity contribution in [1.82, 2.24) is 10.2 Å². The number of ether oxygens (including phenoxy) is 1. The minimum absolute atomic E-state index is 0.123. The van der Waals surface area contributed by atoms with Gasteiger partial charge in [-0.05, 0) is 12.1 Å². The molecule has 1 fully saturated rings. The molecular formula is C13H18N4O3. The Bertz CT molecular complexity index is 518. The van der Waals surface area contributed by atoms with E-state index in [0.29, 0.717) is 36.8 Å². The van der Waals surface area contributed by atoms with Crippen LogP contribution in [0.3, 0.4) is 0 Å². The van der Waals surface area contributed by atoms with Crippen LogP contribution in [0.4, 0.5) is 16.2 Å². The van der Waals surface area contributed by atoms with E-state index in [-0.39, 0.29) is 18.4 Å². The lowest BCUT2D eigenvalue weighted by Crippen LogP contribution is -2.31. The first-order valence-electron chi connectivity index (χ1n) is 6.36. The predicted octanol–water partition coefficient (Wildman–Crippen LogP) is 0.631. The van der Waals surface area contributed by atoms with Crippen molar-refractivity contribution in [3.8, 4) is 5.75 Å². The van der Waals surface area contributed by atoms with Crippen LogP contribution in [0.2, 0.25) is 0 Å². The van der Waals surface area contributed by atoms with Crippen molar-refractivity contribution in [2.24, 2.45) is 0 Å². The standard InChI is InChI=1S/C13H18N4O3/c1-20-9-2-3-11(10(14)8-9)16-12(18)4-6-17-7-5-15-13(17)19/h2-3,8H,4-7,14H2,1H3,(H,15,19)(H,16,18). The maximum Gasteiger partial charge on any atom is 0.317 e. The maximum atomic E-state index is 11.8. The first-order chi connectivity index (χ1) is 9.60. The number of rotatable bonds is 5. The van der Waals surface area contributed by atoms with Gasteiger partial charge >= 0.3 is 6.03 Å². The number of nitrogens with zero attached hydrogens (tertiary/aromatic N) is 1. The monoisotopic (exact) mass is 278 g/mol. The fraction of sp³-hybridized carbons (Fsp3) is 0.385. The summed E-state index contributed by atoms with van der Waals surface area (Å²) in [6.07, 6.45) is 0.235. The first kappa shape index (κ1) is 14.0. The molecule has 2 rings (SSSR count). The van der Waals surface area contributed by atoms with Gasteiger partial charge in [-0.15, -0.1) is 0 Å². The third-order valence-corrected chi connectivity index (χ3v) is 3.09. The Morgan fingerprint density at radius 3 is 2.95 bits per heavy atom. The number of nitrogen functional groups attached to an aromatic ring is 1. The molecule has 0 aromatic heterocycles. The number of hydrogen-bond acceptors (Lipinski definition) is 4. The van der Waals surface area contributed by atoms with Crippen molar-refractivity contribution in [1.29, 1.82) is 0 Å². The molecule has 0 saturated carbocycles. The fourth-order valence-corrected chi connectivity index (χ4v) is 1.96. The van der Waals surface area contributed by atoms with E-state index in [2.05, 4.69) is 10.6 Å². The zero-order chi connectivity index (χ0) is 14.5. The summed E-state index contributed by atoms with van der Waals surface area (Å²) in [4.78, 5) is 24.8. The second-order valence-electron chi connectivity index (χ2n) is 4.47. The molecule has 1 saturated heterocycles. The van der Waals surface area contributed by atoms with E-state index in [4.69, 9.17) is 10.5 Å². The highest BCUT2D eigenvalue weighted by atomic mass is 16.5. The van der Waals surface area contributed by atoms with Crippen molar-refractivity contribution in [3.63, 3.8) is 0 Å². The average molecular weight is 278 g/mol. The third kappa shape index (κ3) is 3.31. The molecule has 0 bridgehead atoms. The van der Waals surface area contributed by atoms with E-state index >= 15 is 0 Å². The zero-order valence-corrected chi connectivity index (χ0v) is 11.3. The Morgan fingerprint density at radius 2 is 2.35 bits per heavy atom. The van der Waals surface area contributed by atoms with Crippen molar-refractivity contribution in [2.75, 3.05) is 37.8 Å². The number of benzene rings is 1. The highest BCUT2D eigenvalue weighted by Crippen LogP contribution is 2.24. The van der Waals surface area contributed by atoms with Gasteiger partial charge in [0.25, 0.3) is 0 Å².